The van der Waals surface area contributed by atoms with E-state index in [1.54, 1.807) is 37.8 Å². The van der Waals surface area contributed by atoms with E-state index in [2.05, 4.69) is 4.98 Å². The van der Waals surface area contributed by atoms with Crippen LogP contribution in [0.3, 0.4) is 0 Å². The van der Waals surface area contributed by atoms with Crippen molar-refractivity contribution in [2.75, 3.05) is 20.3 Å². The first kappa shape index (κ1) is 21.0. The predicted octanol–water partition coefficient (Wildman–Crippen LogP) is 4.94. The van der Waals surface area contributed by atoms with Gasteiger partial charge in [0.05, 0.1) is 25.1 Å². The van der Waals surface area contributed by atoms with Gasteiger partial charge in [-0.1, -0.05) is 35.3 Å². The van der Waals surface area contributed by atoms with Gasteiger partial charge in [0, 0.05) is 29.9 Å². The van der Waals surface area contributed by atoms with Gasteiger partial charge in [0.2, 0.25) is 0 Å². The Hall–Kier alpha value is -2.25. The van der Waals surface area contributed by atoms with Crippen molar-refractivity contribution in [2.24, 2.45) is 0 Å². The number of nitrogens with zero attached hydrogens (tertiary/aromatic N) is 2. The lowest BCUT2D eigenvalue weighted by Crippen LogP contribution is -2.36. The first-order chi connectivity index (χ1) is 14.6. The third kappa shape index (κ3) is 4.73. The second-order valence-corrected chi connectivity index (χ2v) is 7.81. The largest absolute Gasteiger partial charge is 0.497 e. The molecular formula is C22H22Cl2N2O4. The first-order valence-electron chi connectivity index (χ1n) is 9.59. The van der Waals surface area contributed by atoms with Crippen LogP contribution in [0.1, 0.15) is 12.0 Å². The van der Waals surface area contributed by atoms with Crippen molar-refractivity contribution in [1.29, 1.82) is 0 Å². The first-order valence-corrected chi connectivity index (χ1v) is 10.3. The monoisotopic (exact) mass is 448 g/mol. The average molecular weight is 449 g/mol. The molecule has 158 valence electrons. The van der Waals surface area contributed by atoms with Crippen LogP contribution in [-0.4, -0.2) is 36.0 Å². The van der Waals surface area contributed by atoms with Crippen LogP contribution in [0.4, 0.5) is 0 Å². The average Bonchev–Trinajstić information content (AvgIpc) is 3.44. The normalized spacial score (nSPS) is 21.0. The fourth-order valence-corrected chi connectivity index (χ4v) is 3.69. The number of methoxy groups -OCH3 is 1. The van der Waals surface area contributed by atoms with Crippen LogP contribution in [0.5, 0.6) is 11.5 Å². The molecule has 1 aliphatic heterocycles. The van der Waals surface area contributed by atoms with Crippen molar-refractivity contribution in [2.45, 2.75) is 24.9 Å². The van der Waals surface area contributed by atoms with Crippen molar-refractivity contribution in [3.8, 4) is 11.5 Å². The number of hydrogen-bond acceptors (Lipinski definition) is 5. The third-order valence-electron chi connectivity index (χ3n) is 4.95. The smallest absolute Gasteiger partial charge is 0.257 e. The maximum Gasteiger partial charge on any atom is 0.257 e. The Morgan fingerprint density at radius 3 is 2.77 bits per heavy atom. The number of ether oxygens (including phenoxy) is 4. The number of halogens is 2. The molecule has 0 N–H and O–H groups in total. The lowest BCUT2D eigenvalue weighted by atomic mass is 10.1. The van der Waals surface area contributed by atoms with Gasteiger partial charge in [0.1, 0.15) is 24.2 Å². The molecule has 1 fully saturated rings. The van der Waals surface area contributed by atoms with Gasteiger partial charge in [-0.2, -0.15) is 0 Å². The summed E-state index contributed by atoms with van der Waals surface area (Å²) in [5.41, 5.74) is 1.16. The number of imidazole rings is 1. The van der Waals surface area contributed by atoms with E-state index in [1.165, 1.54) is 0 Å². The number of aromatic nitrogens is 2. The van der Waals surface area contributed by atoms with Gasteiger partial charge in [0.15, 0.2) is 0 Å². The molecule has 0 radical (unpaired) electrons. The summed E-state index contributed by atoms with van der Waals surface area (Å²) in [6.07, 6.45) is 6.35. The van der Waals surface area contributed by atoms with Gasteiger partial charge in [-0.05, 0) is 36.2 Å². The van der Waals surface area contributed by atoms with E-state index < -0.39 is 5.91 Å². The molecule has 1 aromatic heterocycles. The molecular weight excluding hydrogens is 427 g/mol. The number of rotatable bonds is 8. The lowest BCUT2D eigenvalue weighted by molar-refractivity contribution is -0.238. The summed E-state index contributed by atoms with van der Waals surface area (Å²) in [6, 6.07) is 13.1. The third-order valence-corrected chi connectivity index (χ3v) is 5.50. The second kappa shape index (κ2) is 9.27. The molecule has 2 heterocycles. The Morgan fingerprint density at radius 2 is 2.03 bits per heavy atom. The maximum absolute atomic E-state index is 6.33. The van der Waals surface area contributed by atoms with Gasteiger partial charge < -0.3 is 18.9 Å². The topological polar surface area (TPSA) is 54.7 Å². The molecule has 0 saturated carbocycles. The second-order valence-electron chi connectivity index (χ2n) is 6.97. The van der Waals surface area contributed by atoms with E-state index in [0.717, 1.165) is 17.7 Å². The van der Waals surface area contributed by atoms with E-state index in [1.807, 2.05) is 35.0 Å². The number of benzene rings is 2. The van der Waals surface area contributed by atoms with Crippen LogP contribution in [-0.2, 0) is 21.8 Å². The van der Waals surface area contributed by atoms with Crippen molar-refractivity contribution in [3.05, 3.63) is 76.8 Å². The Morgan fingerprint density at radius 1 is 1.20 bits per heavy atom. The molecule has 0 spiro atoms. The van der Waals surface area contributed by atoms with Crippen LogP contribution in [0.2, 0.25) is 10.0 Å². The van der Waals surface area contributed by atoms with E-state index in [-0.39, 0.29) is 6.10 Å². The molecule has 6 nitrogen and oxygen atoms in total. The Labute approximate surface area is 185 Å². The van der Waals surface area contributed by atoms with Gasteiger partial charge in [-0.15, -0.1) is 0 Å². The number of aryl methyl sites for hydroxylation is 1. The molecule has 8 heteroatoms. The molecule has 2 atom stereocenters. The van der Waals surface area contributed by atoms with E-state index >= 15 is 0 Å². The van der Waals surface area contributed by atoms with E-state index in [0.29, 0.717) is 35.4 Å². The standard InChI is InChI=1S/C22H22Cl2N2O4/c1-27-18-5-2-16(3-6-18)8-9-22(26-11-10-25-15-26)29-14-19(30-22)13-28-21-12-17(23)4-7-20(21)24/h2-7,10-12,15,19H,8-9,13-14H2,1H3. The molecule has 4 rings (SSSR count). The Bertz CT molecular complexity index is 966. The summed E-state index contributed by atoms with van der Waals surface area (Å²) in [5.74, 6) is 0.405. The predicted molar refractivity (Wildman–Crippen MR) is 114 cm³/mol. The van der Waals surface area contributed by atoms with Crippen molar-refractivity contribution < 1.29 is 18.9 Å². The van der Waals surface area contributed by atoms with Crippen LogP contribution in [0, 0.1) is 0 Å². The summed E-state index contributed by atoms with van der Waals surface area (Å²) in [4.78, 5) is 4.15. The van der Waals surface area contributed by atoms with Gasteiger partial charge in [-0.3, -0.25) is 4.57 Å². The van der Waals surface area contributed by atoms with Crippen LogP contribution >= 0.6 is 23.2 Å². The molecule has 0 bridgehead atoms. The molecule has 0 aliphatic carbocycles. The highest BCUT2D eigenvalue weighted by atomic mass is 35.5. The minimum Gasteiger partial charge on any atom is -0.497 e. The quantitative estimate of drug-likeness (QED) is 0.488. The van der Waals surface area contributed by atoms with E-state index in [4.69, 9.17) is 42.1 Å². The fourth-order valence-electron chi connectivity index (χ4n) is 3.36. The molecule has 2 unspecified atom stereocenters. The zero-order chi connectivity index (χ0) is 21.0. The number of hydrogen-bond donors (Lipinski definition) is 0. The summed E-state index contributed by atoms with van der Waals surface area (Å²) < 4.78 is 25.4. The maximum atomic E-state index is 6.33. The highest BCUT2D eigenvalue weighted by Crippen LogP contribution is 2.35. The fraction of sp³-hybridized carbons (Fsp3) is 0.318. The highest BCUT2D eigenvalue weighted by Gasteiger charge is 2.43. The highest BCUT2D eigenvalue weighted by molar-refractivity contribution is 6.34. The van der Waals surface area contributed by atoms with Gasteiger partial charge >= 0.3 is 0 Å². The van der Waals surface area contributed by atoms with Crippen LogP contribution < -0.4 is 9.47 Å². The van der Waals surface area contributed by atoms with E-state index in [9.17, 15) is 0 Å². The Kier molecular flexibility index (Phi) is 6.49. The molecule has 0 amide bonds. The van der Waals surface area contributed by atoms with Crippen LogP contribution in [0.15, 0.2) is 61.2 Å². The molecule has 30 heavy (non-hydrogen) atoms. The zero-order valence-corrected chi connectivity index (χ0v) is 18.0. The van der Waals surface area contributed by atoms with Gasteiger partial charge in [0.25, 0.3) is 5.91 Å². The summed E-state index contributed by atoms with van der Waals surface area (Å²) in [6.45, 7) is 0.679. The minimum absolute atomic E-state index is 0.265. The molecule has 1 aliphatic rings. The Balaban J connectivity index is 1.43. The lowest BCUT2D eigenvalue weighted by Gasteiger charge is -2.29. The van der Waals surface area contributed by atoms with Crippen molar-refractivity contribution in [1.82, 2.24) is 9.55 Å². The summed E-state index contributed by atoms with van der Waals surface area (Å²) in [5, 5.41) is 1.06. The molecule has 2 aromatic carbocycles. The summed E-state index contributed by atoms with van der Waals surface area (Å²) in [7, 11) is 1.65. The summed E-state index contributed by atoms with van der Waals surface area (Å²) >= 11 is 12.2. The SMILES string of the molecule is COc1ccc(CCC2(n3ccnc3)OCC(COc3cc(Cl)ccc3Cl)O2)cc1. The zero-order valence-electron chi connectivity index (χ0n) is 16.5. The molecule has 3 aromatic rings. The minimum atomic E-state index is -0.942. The van der Waals surface area contributed by atoms with Gasteiger partial charge in [-0.25, -0.2) is 4.98 Å². The van der Waals surface area contributed by atoms with Crippen molar-refractivity contribution in [3.63, 3.8) is 0 Å². The van der Waals surface area contributed by atoms with Crippen LogP contribution in [0.25, 0.3) is 0 Å². The van der Waals surface area contributed by atoms with Crippen molar-refractivity contribution >= 4 is 23.2 Å². The molecule has 1 saturated heterocycles.